The third kappa shape index (κ3) is 7.96. The first kappa shape index (κ1) is 19.2. The number of aromatic hydroxyl groups is 1. The van der Waals surface area contributed by atoms with Crippen LogP contribution in [0.15, 0.2) is 24.3 Å². The molecule has 0 saturated heterocycles. The lowest BCUT2D eigenvalue weighted by molar-refractivity contribution is -0.137. The fourth-order valence-electron chi connectivity index (χ4n) is 1.68. The van der Waals surface area contributed by atoms with E-state index in [-0.39, 0.29) is 5.75 Å². The lowest BCUT2D eigenvalue weighted by atomic mass is 10.2. The summed E-state index contributed by atoms with van der Waals surface area (Å²) in [4.78, 5) is 11.6. The molecule has 1 aromatic carbocycles. The van der Waals surface area contributed by atoms with Crippen LogP contribution in [0.2, 0.25) is 0 Å². The van der Waals surface area contributed by atoms with Gasteiger partial charge in [0.1, 0.15) is 0 Å². The van der Waals surface area contributed by atoms with E-state index in [4.69, 9.17) is 9.47 Å². The highest BCUT2D eigenvalue weighted by Gasteiger charge is 2.01. The normalized spacial score (nSPS) is 9.58. The van der Waals surface area contributed by atoms with Crippen LogP contribution in [-0.2, 0) is 9.53 Å². The maximum atomic E-state index is 11.6. The summed E-state index contributed by atoms with van der Waals surface area (Å²) in [6.07, 6.45) is 6.17. The van der Waals surface area contributed by atoms with Gasteiger partial charge in [-0.2, -0.15) is 0 Å². The molecule has 0 heterocycles. The van der Waals surface area contributed by atoms with E-state index in [1.807, 2.05) is 0 Å². The summed E-state index contributed by atoms with van der Waals surface area (Å²) in [5.41, 5.74) is 0.734. The number of ether oxygens (including phenoxy) is 2. The summed E-state index contributed by atoms with van der Waals surface area (Å²) < 4.78 is 10.1. The zero-order valence-electron chi connectivity index (χ0n) is 14.1. The molecule has 126 valence electrons. The van der Waals surface area contributed by atoms with Crippen LogP contribution >= 0.6 is 0 Å². The van der Waals surface area contributed by atoms with Crippen LogP contribution in [0.3, 0.4) is 0 Å². The average Bonchev–Trinajstić information content (AvgIpc) is 2.59. The molecule has 0 atom stereocenters. The monoisotopic (exact) mass is 326 g/mol. The molecule has 4 nitrogen and oxygen atoms in total. The Morgan fingerprint density at radius 1 is 1.25 bits per heavy atom. The highest BCUT2D eigenvalue weighted by molar-refractivity contribution is 5.87. The summed E-state index contributed by atoms with van der Waals surface area (Å²) in [7, 11) is 1.47. The standard InChI is InChI=1S/C20H22O4/c1-3-4-5-6-7-8-9-10-15-24-20(22)14-12-17-11-13-18(21)19(16-17)23-2/h11-14,16,21H,3-4,9-10,15H2,1-2H3/b14-12+. The molecule has 24 heavy (non-hydrogen) atoms. The van der Waals surface area contributed by atoms with Gasteiger partial charge in [0.15, 0.2) is 11.5 Å². The Morgan fingerprint density at radius 2 is 2.00 bits per heavy atom. The number of rotatable bonds is 7. The highest BCUT2D eigenvalue weighted by Crippen LogP contribution is 2.26. The summed E-state index contributed by atoms with van der Waals surface area (Å²) in [5, 5.41) is 9.50. The lowest BCUT2D eigenvalue weighted by Gasteiger charge is -2.03. The number of carbonyl (C=O) groups excluding carboxylic acids is 1. The number of hydrogen-bond donors (Lipinski definition) is 1. The molecule has 0 saturated carbocycles. The molecule has 0 aliphatic carbocycles. The van der Waals surface area contributed by atoms with Crippen molar-refractivity contribution in [1.82, 2.24) is 0 Å². The van der Waals surface area contributed by atoms with Gasteiger partial charge < -0.3 is 14.6 Å². The minimum absolute atomic E-state index is 0.0534. The summed E-state index contributed by atoms with van der Waals surface area (Å²) >= 11 is 0. The molecular weight excluding hydrogens is 304 g/mol. The van der Waals surface area contributed by atoms with Gasteiger partial charge in [-0.05, 0) is 48.5 Å². The van der Waals surface area contributed by atoms with Crippen molar-refractivity contribution in [1.29, 1.82) is 0 Å². The van der Waals surface area contributed by atoms with E-state index in [2.05, 4.69) is 30.6 Å². The minimum Gasteiger partial charge on any atom is -0.504 e. The molecule has 1 rings (SSSR count). The van der Waals surface area contributed by atoms with Crippen LogP contribution in [-0.4, -0.2) is 24.8 Å². The quantitative estimate of drug-likeness (QED) is 0.360. The van der Waals surface area contributed by atoms with Crippen molar-refractivity contribution in [3.8, 4) is 35.2 Å². The van der Waals surface area contributed by atoms with Crippen LogP contribution in [0, 0.1) is 23.7 Å². The van der Waals surface area contributed by atoms with Crippen LogP contribution in [0.25, 0.3) is 6.08 Å². The first-order valence-electron chi connectivity index (χ1n) is 7.85. The van der Waals surface area contributed by atoms with E-state index in [1.54, 1.807) is 18.2 Å². The summed E-state index contributed by atoms with van der Waals surface area (Å²) in [5.74, 6) is 11.4. The smallest absolute Gasteiger partial charge is 0.330 e. The molecule has 0 aliphatic rings. The molecule has 0 amide bonds. The Hall–Kier alpha value is -2.85. The Kier molecular flexibility index (Phi) is 9.34. The van der Waals surface area contributed by atoms with Crippen molar-refractivity contribution in [2.24, 2.45) is 0 Å². The maximum absolute atomic E-state index is 11.6. The number of carbonyl (C=O) groups is 1. The van der Waals surface area contributed by atoms with E-state index in [0.29, 0.717) is 25.2 Å². The van der Waals surface area contributed by atoms with Crippen molar-refractivity contribution < 1.29 is 19.4 Å². The highest BCUT2D eigenvalue weighted by atomic mass is 16.5. The maximum Gasteiger partial charge on any atom is 0.330 e. The van der Waals surface area contributed by atoms with E-state index in [1.165, 1.54) is 19.3 Å². The van der Waals surface area contributed by atoms with Crippen molar-refractivity contribution in [3.05, 3.63) is 29.8 Å². The van der Waals surface area contributed by atoms with E-state index < -0.39 is 5.97 Å². The largest absolute Gasteiger partial charge is 0.504 e. The van der Waals surface area contributed by atoms with Gasteiger partial charge in [0.25, 0.3) is 0 Å². The molecular formula is C20H22O4. The van der Waals surface area contributed by atoms with Crippen LogP contribution in [0.1, 0.15) is 38.2 Å². The number of unbranched alkanes of at least 4 members (excludes halogenated alkanes) is 2. The minimum atomic E-state index is -0.419. The van der Waals surface area contributed by atoms with E-state index >= 15 is 0 Å². The molecule has 0 aromatic heterocycles. The Balaban J connectivity index is 2.30. The topological polar surface area (TPSA) is 55.8 Å². The van der Waals surface area contributed by atoms with Crippen LogP contribution in [0.4, 0.5) is 0 Å². The zero-order valence-corrected chi connectivity index (χ0v) is 14.1. The van der Waals surface area contributed by atoms with Gasteiger partial charge >= 0.3 is 5.97 Å². The average molecular weight is 326 g/mol. The Morgan fingerprint density at radius 3 is 2.71 bits per heavy atom. The molecule has 0 aliphatic heterocycles. The second-order valence-corrected chi connectivity index (χ2v) is 4.89. The molecule has 4 heteroatoms. The van der Waals surface area contributed by atoms with Gasteiger partial charge in [-0.3, -0.25) is 0 Å². The van der Waals surface area contributed by atoms with Gasteiger partial charge in [0.2, 0.25) is 0 Å². The number of hydrogen-bond acceptors (Lipinski definition) is 4. The van der Waals surface area contributed by atoms with Gasteiger partial charge in [-0.25, -0.2) is 4.79 Å². The number of esters is 1. The molecule has 0 radical (unpaired) electrons. The third-order valence-electron chi connectivity index (χ3n) is 2.92. The van der Waals surface area contributed by atoms with E-state index in [9.17, 15) is 9.90 Å². The van der Waals surface area contributed by atoms with Crippen LogP contribution < -0.4 is 4.74 Å². The fourth-order valence-corrected chi connectivity index (χ4v) is 1.68. The van der Waals surface area contributed by atoms with Gasteiger partial charge in [-0.1, -0.05) is 24.8 Å². The second-order valence-electron chi connectivity index (χ2n) is 4.89. The van der Waals surface area contributed by atoms with Gasteiger partial charge in [-0.15, -0.1) is 0 Å². The Bertz CT molecular complexity index is 681. The number of phenols is 1. The number of phenolic OH excluding ortho intramolecular Hbond substituents is 1. The van der Waals surface area contributed by atoms with Crippen molar-refractivity contribution in [2.45, 2.75) is 32.6 Å². The second kappa shape index (κ2) is 11.7. The predicted molar refractivity (Wildman–Crippen MR) is 94.3 cm³/mol. The van der Waals surface area contributed by atoms with Gasteiger partial charge in [0, 0.05) is 18.9 Å². The first-order valence-corrected chi connectivity index (χ1v) is 7.85. The molecule has 1 N–H and O–H groups in total. The predicted octanol–water partition coefficient (Wildman–Crippen LogP) is 3.54. The van der Waals surface area contributed by atoms with E-state index in [0.717, 1.165) is 18.4 Å². The Labute approximate surface area is 143 Å². The van der Waals surface area contributed by atoms with Crippen molar-refractivity contribution >= 4 is 12.0 Å². The lowest BCUT2D eigenvalue weighted by Crippen LogP contribution is -2.01. The third-order valence-corrected chi connectivity index (χ3v) is 2.92. The molecule has 0 bridgehead atoms. The molecule has 1 aromatic rings. The van der Waals surface area contributed by atoms with Gasteiger partial charge in [0.05, 0.1) is 13.7 Å². The zero-order chi connectivity index (χ0) is 17.6. The fraction of sp³-hybridized carbons (Fsp3) is 0.350. The van der Waals surface area contributed by atoms with Crippen molar-refractivity contribution in [3.63, 3.8) is 0 Å². The van der Waals surface area contributed by atoms with Crippen LogP contribution in [0.5, 0.6) is 11.5 Å². The molecule has 0 fully saturated rings. The number of methoxy groups -OCH3 is 1. The molecule has 0 unspecified atom stereocenters. The summed E-state index contributed by atoms with van der Waals surface area (Å²) in [6, 6.07) is 4.82. The SMILES string of the molecule is CCCC#CC#CCCCOC(=O)/C=C/c1ccc(O)c(OC)c1. The first-order chi connectivity index (χ1) is 11.7. The molecule has 0 spiro atoms. The van der Waals surface area contributed by atoms with Crippen molar-refractivity contribution in [2.75, 3.05) is 13.7 Å². The summed E-state index contributed by atoms with van der Waals surface area (Å²) in [6.45, 7) is 2.39. The number of benzene rings is 1.